The minimum atomic E-state index is -0.806. The fraction of sp³-hybridized carbons (Fsp3) is 0.545. The maximum Gasteiger partial charge on any atom is 0.309 e. The molecule has 1 aliphatic rings. The number of carbonyl (C=O) groups is 4. The summed E-state index contributed by atoms with van der Waals surface area (Å²) in [6, 6.07) is 6.63. The molecule has 0 aromatic heterocycles. The van der Waals surface area contributed by atoms with Crippen LogP contribution >= 0.6 is 0 Å². The Hall–Kier alpha value is -2.90. The van der Waals surface area contributed by atoms with Crippen molar-refractivity contribution in [2.24, 2.45) is 5.92 Å². The number of benzene rings is 1. The Morgan fingerprint density at radius 1 is 1.20 bits per heavy atom. The van der Waals surface area contributed by atoms with Gasteiger partial charge in [-0.2, -0.15) is 0 Å². The summed E-state index contributed by atoms with van der Waals surface area (Å²) in [5, 5.41) is 0. The molecule has 1 heterocycles. The Balaban J connectivity index is 1.84. The molecule has 0 spiro atoms. The van der Waals surface area contributed by atoms with Gasteiger partial charge >= 0.3 is 5.97 Å². The number of ether oxygens (including phenoxy) is 2. The molecule has 0 aliphatic carbocycles. The van der Waals surface area contributed by atoms with E-state index in [2.05, 4.69) is 0 Å². The standard InChI is InChI=1S/C22H30N2O6/c1-5-29-22(28)17-9-11-24(12-10-17)20(26)14-23(4)21(27)16(3)30-19-8-6-7-18(13-19)15(2)25/h6-8,13,16-17H,5,9-12,14H2,1-4H3. The lowest BCUT2D eigenvalue weighted by Crippen LogP contribution is -2.47. The first-order chi connectivity index (χ1) is 14.2. The number of carbonyl (C=O) groups excluding carboxylic acids is 4. The number of hydrogen-bond acceptors (Lipinski definition) is 6. The van der Waals surface area contributed by atoms with Gasteiger partial charge in [0.05, 0.1) is 19.1 Å². The van der Waals surface area contributed by atoms with E-state index in [-0.39, 0.29) is 36.0 Å². The maximum atomic E-state index is 12.6. The second-order valence-electron chi connectivity index (χ2n) is 7.45. The van der Waals surface area contributed by atoms with Crippen molar-refractivity contribution in [2.75, 3.05) is 33.3 Å². The van der Waals surface area contributed by atoms with Gasteiger partial charge in [0.2, 0.25) is 5.91 Å². The second kappa shape index (κ2) is 10.8. The smallest absolute Gasteiger partial charge is 0.309 e. The summed E-state index contributed by atoms with van der Waals surface area (Å²) >= 11 is 0. The average Bonchev–Trinajstić information content (AvgIpc) is 2.73. The van der Waals surface area contributed by atoms with Crippen LogP contribution in [0.3, 0.4) is 0 Å². The van der Waals surface area contributed by atoms with Crippen molar-refractivity contribution < 1.29 is 28.7 Å². The highest BCUT2D eigenvalue weighted by Gasteiger charge is 2.29. The van der Waals surface area contributed by atoms with E-state index < -0.39 is 6.10 Å². The van der Waals surface area contributed by atoms with Crippen molar-refractivity contribution in [1.82, 2.24) is 9.80 Å². The van der Waals surface area contributed by atoms with Crippen LogP contribution in [0.2, 0.25) is 0 Å². The minimum Gasteiger partial charge on any atom is -0.481 e. The van der Waals surface area contributed by atoms with Crippen LogP contribution in [-0.4, -0.2) is 72.8 Å². The molecular formula is C22H30N2O6. The maximum absolute atomic E-state index is 12.6. The van der Waals surface area contributed by atoms with E-state index in [1.54, 1.807) is 50.1 Å². The summed E-state index contributed by atoms with van der Waals surface area (Å²) in [4.78, 5) is 51.5. The van der Waals surface area contributed by atoms with Gasteiger partial charge in [0.1, 0.15) is 5.75 Å². The highest BCUT2D eigenvalue weighted by atomic mass is 16.5. The summed E-state index contributed by atoms with van der Waals surface area (Å²) in [5.41, 5.74) is 0.502. The third kappa shape index (κ3) is 6.30. The van der Waals surface area contributed by atoms with Crippen LogP contribution in [0.5, 0.6) is 5.75 Å². The fourth-order valence-corrected chi connectivity index (χ4v) is 3.36. The predicted molar refractivity (Wildman–Crippen MR) is 110 cm³/mol. The van der Waals surface area contributed by atoms with Crippen molar-refractivity contribution in [3.63, 3.8) is 0 Å². The third-order valence-corrected chi connectivity index (χ3v) is 5.12. The van der Waals surface area contributed by atoms with Crippen molar-refractivity contribution in [2.45, 2.75) is 39.7 Å². The first-order valence-corrected chi connectivity index (χ1v) is 10.2. The number of Topliss-reactive ketones (excluding diaryl/α,β-unsaturated/α-hetero) is 1. The molecule has 30 heavy (non-hydrogen) atoms. The van der Waals surface area contributed by atoms with Crippen molar-refractivity contribution in [3.05, 3.63) is 29.8 Å². The van der Waals surface area contributed by atoms with E-state index in [4.69, 9.17) is 9.47 Å². The Morgan fingerprint density at radius 3 is 2.47 bits per heavy atom. The molecule has 1 atom stereocenters. The van der Waals surface area contributed by atoms with Crippen LogP contribution in [0.25, 0.3) is 0 Å². The van der Waals surface area contributed by atoms with Crippen LogP contribution in [0.4, 0.5) is 0 Å². The monoisotopic (exact) mass is 418 g/mol. The van der Waals surface area contributed by atoms with Gasteiger partial charge in [-0.15, -0.1) is 0 Å². The molecule has 1 unspecified atom stereocenters. The predicted octanol–water partition coefficient (Wildman–Crippen LogP) is 1.92. The number of esters is 1. The zero-order valence-corrected chi connectivity index (χ0v) is 18.1. The third-order valence-electron chi connectivity index (χ3n) is 5.12. The van der Waals surface area contributed by atoms with E-state index in [1.807, 2.05) is 0 Å². The molecule has 1 aromatic carbocycles. The van der Waals surface area contributed by atoms with Gasteiger partial charge in [-0.3, -0.25) is 19.2 Å². The normalized spacial score (nSPS) is 15.3. The van der Waals surface area contributed by atoms with Crippen LogP contribution < -0.4 is 4.74 Å². The van der Waals surface area contributed by atoms with E-state index in [0.29, 0.717) is 43.9 Å². The van der Waals surface area contributed by atoms with E-state index in [1.165, 1.54) is 11.8 Å². The molecule has 0 saturated carbocycles. The van der Waals surface area contributed by atoms with E-state index >= 15 is 0 Å². The first kappa shape index (κ1) is 23.4. The van der Waals surface area contributed by atoms with Gasteiger partial charge in [-0.05, 0) is 45.7 Å². The highest BCUT2D eigenvalue weighted by molar-refractivity contribution is 5.94. The molecule has 1 aromatic rings. The molecule has 1 saturated heterocycles. The average molecular weight is 418 g/mol. The van der Waals surface area contributed by atoms with Crippen molar-refractivity contribution in [1.29, 1.82) is 0 Å². The molecule has 8 heteroatoms. The number of nitrogens with zero attached hydrogens (tertiary/aromatic N) is 2. The SMILES string of the molecule is CCOC(=O)C1CCN(C(=O)CN(C)C(=O)C(C)Oc2cccc(C(C)=O)c2)CC1. The zero-order valence-electron chi connectivity index (χ0n) is 18.1. The topological polar surface area (TPSA) is 93.2 Å². The molecule has 0 radical (unpaired) electrons. The number of piperidine rings is 1. The molecule has 0 bridgehead atoms. The summed E-state index contributed by atoms with van der Waals surface area (Å²) < 4.78 is 10.7. The van der Waals surface area contributed by atoms with Gasteiger partial charge in [0, 0.05) is 25.7 Å². The number of ketones is 1. The van der Waals surface area contributed by atoms with Crippen LogP contribution in [0, 0.1) is 5.92 Å². The van der Waals surface area contributed by atoms with Crippen LogP contribution in [0.15, 0.2) is 24.3 Å². The largest absolute Gasteiger partial charge is 0.481 e. The van der Waals surface area contributed by atoms with Crippen molar-refractivity contribution in [3.8, 4) is 5.75 Å². The summed E-state index contributed by atoms with van der Waals surface area (Å²) in [7, 11) is 1.55. The fourth-order valence-electron chi connectivity index (χ4n) is 3.36. The second-order valence-corrected chi connectivity index (χ2v) is 7.45. The van der Waals surface area contributed by atoms with Gasteiger partial charge in [0.25, 0.3) is 5.91 Å². The molecule has 0 N–H and O–H groups in total. The van der Waals surface area contributed by atoms with Crippen LogP contribution in [0.1, 0.15) is 44.0 Å². The zero-order chi connectivity index (χ0) is 22.3. The lowest BCUT2D eigenvalue weighted by molar-refractivity contribution is -0.151. The molecule has 1 aliphatic heterocycles. The molecule has 1 fully saturated rings. The minimum absolute atomic E-state index is 0.0654. The summed E-state index contributed by atoms with van der Waals surface area (Å²) in [6.45, 7) is 6.06. The Morgan fingerprint density at radius 2 is 1.87 bits per heavy atom. The van der Waals surface area contributed by atoms with Crippen molar-refractivity contribution >= 4 is 23.6 Å². The molecule has 2 rings (SSSR count). The van der Waals surface area contributed by atoms with E-state index in [0.717, 1.165) is 0 Å². The Labute approximate surface area is 177 Å². The molecule has 164 valence electrons. The lowest BCUT2D eigenvalue weighted by Gasteiger charge is -2.32. The molecule has 2 amide bonds. The van der Waals surface area contributed by atoms with Gasteiger partial charge in [0.15, 0.2) is 11.9 Å². The first-order valence-electron chi connectivity index (χ1n) is 10.2. The van der Waals surface area contributed by atoms with Gasteiger partial charge in [-0.25, -0.2) is 0 Å². The highest BCUT2D eigenvalue weighted by Crippen LogP contribution is 2.19. The Kier molecular flexibility index (Phi) is 8.38. The molecule has 8 nitrogen and oxygen atoms in total. The van der Waals surface area contributed by atoms with E-state index in [9.17, 15) is 19.2 Å². The van der Waals surface area contributed by atoms with Gasteiger partial charge < -0.3 is 19.3 Å². The molecular weight excluding hydrogens is 388 g/mol. The number of amides is 2. The number of likely N-dealkylation sites (tertiary alicyclic amines) is 1. The number of likely N-dealkylation sites (N-methyl/N-ethyl adjacent to an activating group) is 1. The number of rotatable bonds is 8. The summed E-state index contributed by atoms with van der Waals surface area (Å²) in [5.74, 6) is -0.556. The van der Waals surface area contributed by atoms with Crippen LogP contribution in [-0.2, 0) is 19.1 Å². The summed E-state index contributed by atoms with van der Waals surface area (Å²) in [6.07, 6.45) is 0.321. The number of hydrogen-bond donors (Lipinski definition) is 0. The lowest BCUT2D eigenvalue weighted by atomic mass is 9.97. The Bertz CT molecular complexity index is 786. The van der Waals surface area contributed by atoms with Gasteiger partial charge in [-0.1, -0.05) is 12.1 Å². The quantitative estimate of drug-likeness (QED) is 0.473.